The first-order valence-electron chi connectivity index (χ1n) is 10.6. The minimum absolute atomic E-state index is 0.129. The number of aromatic nitrogens is 1. The molecule has 0 atom stereocenters. The first kappa shape index (κ1) is 23.3. The number of benzene rings is 4. The van der Waals surface area contributed by atoms with Gasteiger partial charge in [-0.2, -0.15) is 13.2 Å². The summed E-state index contributed by atoms with van der Waals surface area (Å²) in [5, 5.41) is 2.26. The monoisotopic (exact) mass is 510 g/mol. The Balaban J connectivity index is 1.66. The van der Waals surface area contributed by atoms with Gasteiger partial charge in [0.05, 0.1) is 11.0 Å². The molecule has 5 aromatic rings. The Morgan fingerprint density at radius 3 is 2.23 bits per heavy atom. The van der Waals surface area contributed by atoms with Gasteiger partial charge in [0, 0.05) is 32.8 Å². The van der Waals surface area contributed by atoms with Gasteiger partial charge in [0.1, 0.15) is 0 Å². The van der Waals surface area contributed by atoms with Crippen molar-refractivity contribution in [3.8, 4) is 11.1 Å². The maximum atomic E-state index is 12.7. The molecule has 35 heavy (non-hydrogen) atoms. The van der Waals surface area contributed by atoms with Crippen LogP contribution < -0.4 is 5.73 Å². The highest BCUT2D eigenvalue weighted by Gasteiger charge is 2.29. The molecule has 0 bridgehead atoms. The van der Waals surface area contributed by atoms with Gasteiger partial charge in [0.25, 0.3) is 0 Å². The van der Waals surface area contributed by atoms with Gasteiger partial charge < -0.3 is 10.3 Å². The number of nitrogens with zero attached hydrogens (tertiary/aromatic N) is 1. The number of carbonyl (C=O) groups is 1. The molecular formula is C27H18ClF3N2OS. The van der Waals surface area contributed by atoms with Crippen LogP contribution >= 0.6 is 23.4 Å². The summed E-state index contributed by atoms with van der Waals surface area (Å²) in [7, 11) is 0. The highest BCUT2D eigenvalue weighted by atomic mass is 35.5. The number of fused-ring (bicyclic) bond motifs is 3. The number of amides is 1. The van der Waals surface area contributed by atoms with Crippen LogP contribution in [0.15, 0.2) is 89.8 Å². The lowest BCUT2D eigenvalue weighted by atomic mass is 10.0. The van der Waals surface area contributed by atoms with Gasteiger partial charge in [0.15, 0.2) is 0 Å². The third-order valence-electron chi connectivity index (χ3n) is 5.83. The molecule has 0 saturated heterocycles. The van der Waals surface area contributed by atoms with E-state index < -0.39 is 11.4 Å². The number of alkyl halides is 3. The van der Waals surface area contributed by atoms with Crippen LogP contribution in [0.4, 0.5) is 13.2 Å². The van der Waals surface area contributed by atoms with Crippen molar-refractivity contribution in [2.75, 3.05) is 0 Å². The Morgan fingerprint density at radius 1 is 0.886 bits per heavy atom. The number of carbonyl (C=O) groups excluding carboxylic acids is 1. The zero-order valence-corrected chi connectivity index (χ0v) is 19.7. The summed E-state index contributed by atoms with van der Waals surface area (Å²) in [4.78, 5) is 12.3. The van der Waals surface area contributed by atoms with Crippen molar-refractivity contribution >= 4 is 51.1 Å². The lowest BCUT2D eigenvalue weighted by Gasteiger charge is -2.11. The maximum absolute atomic E-state index is 12.7. The summed E-state index contributed by atoms with van der Waals surface area (Å²) in [5.74, 6) is -0.523. The first-order chi connectivity index (χ1) is 16.7. The quantitative estimate of drug-likeness (QED) is 0.244. The molecule has 0 unspecified atom stereocenters. The maximum Gasteiger partial charge on any atom is 0.446 e. The number of primary amides is 1. The summed E-state index contributed by atoms with van der Waals surface area (Å²) >= 11 is 5.91. The van der Waals surface area contributed by atoms with E-state index >= 15 is 0 Å². The van der Waals surface area contributed by atoms with Crippen molar-refractivity contribution in [3.63, 3.8) is 0 Å². The SMILES string of the molecule is NC(=O)c1cccc2c1c1ccc(-c3ccc(Cl)cc3)cc1n2Cc1ccc(SC(F)(F)F)cc1. The molecule has 0 aliphatic carbocycles. The van der Waals surface area contributed by atoms with Crippen LogP contribution in [-0.2, 0) is 6.54 Å². The predicted molar refractivity (Wildman–Crippen MR) is 136 cm³/mol. The van der Waals surface area contributed by atoms with Crippen LogP contribution in [0.25, 0.3) is 32.9 Å². The standard InChI is InChI=1S/C27H18ClF3N2OS/c28-19-9-6-17(7-10-19)18-8-13-21-24(14-18)33(23-3-1-2-22(25(21)23)26(32)34)15-16-4-11-20(12-5-16)35-27(29,30)31/h1-14H,15H2,(H2,32,34). The van der Waals surface area contributed by atoms with Gasteiger partial charge in [-0.05, 0) is 70.9 Å². The molecule has 0 fully saturated rings. The Labute approximate surface area is 208 Å². The summed E-state index contributed by atoms with van der Waals surface area (Å²) in [6.07, 6.45) is 0. The highest BCUT2D eigenvalue weighted by Crippen LogP contribution is 2.38. The zero-order chi connectivity index (χ0) is 24.7. The van der Waals surface area contributed by atoms with Crippen LogP contribution in [0.3, 0.4) is 0 Å². The fraction of sp³-hybridized carbons (Fsp3) is 0.0741. The second kappa shape index (κ2) is 8.98. The minimum Gasteiger partial charge on any atom is -0.366 e. The van der Waals surface area contributed by atoms with Crippen LogP contribution in [-0.4, -0.2) is 16.0 Å². The van der Waals surface area contributed by atoms with E-state index in [4.69, 9.17) is 17.3 Å². The Kier molecular flexibility index (Phi) is 5.99. The fourth-order valence-corrected chi connectivity index (χ4v) is 4.99. The summed E-state index contributed by atoms with van der Waals surface area (Å²) in [6.45, 7) is 0.406. The number of halogens is 4. The molecule has 1 amide bonds. The third kappa shape index (κ3) is 4.74. The third-order valence-corrected chi connectivity index (χ3v) is 6.82. The molecule has 1 heterocycles. The van der Waals surface area contributed by atoms with E-state index in [1.54, 1.807) is 24.3 Å². The van der Waals surface area contributed by atoms with Gasteiger partial charge in [-0.3, -0.25) is 4.79 Å². The van der Waals surface area contributed by atoms with Crippen molar-refractivity contribution in [3.05, 3.63) is 101 Å². The molecular weight excluding hydrogens is 493 g/mol. The molecule has 176 valence electrons. The van der Waals surface area contributed by atoms with Crippen LogP contribution in [0.1, 0.15) is 15.9 Å². The van der Waals surface area contributed by atoms with Crippen molar-refractivity contribution in [1.29, 1.82) is 0 Å². The van der Waals surface area contributed by atoms with Crippen LogP contribution in [0.5, 0.6) is 0 Å². The van der Waals surface area contributed by atoms with Crippen LogP contribution in [0.2, 0.25) is 5.02 Å². The summed E-state index contributed by atoms with van der Waals surface area (Å²) in [5.41, 5.74) is 6.25. The van der Waals surface area contributed by atoms with Gasteiger partial charge >= 0.3 is 5.51 Å². The number of hydrogen-bond donors (Lipinski definition) is 1. The van der Waals surface area contributed by atoms with E-state index in [1.807, 2.05) is 48.5 Å². The molecule has 2 N–H and O–H groups in total. The topological polar surface area (TPSA) is 48.0 Å². The van der Waals surface area contributed by atoms with Crippen molar-refractivity contribution < 1.29 is 18.0 Å². The second-order valence-corrected chi connectivity index (χ2v) is 9.66. The van der Waals surface area contributed by atoms with Crippen molar-refractivity contribution in [2.45, 2.75) is 16.9 Å². The molecule has 5 rings (SSSR count). The van der Waals surface area contributed by atoms with Gasteiger partial charge in [-0.15, -0.1) is 0 Å². The normalized spacial score (nSPS) is 11.9. The smallest absolute Gasteiger partial charge is 0.366 e. The fourth-order valence-electron chi connectivity index (χ4n) is 4.32. The summed E-state index contributed by atoms with van der Waals surface area (Å²) < 4.78 is 40.2. The lowest BCUT2D eigenvalue weighted by molar-refractivity contribution is -0.0328. The van der Waals surface area contributed by atoms with E-state index in [2.05, 4.69) is 4.57 Å². The highest BCUT2D eigenvalue weighted by molar-refractivity contribution is 8.00. The van der Waals surface area contributed by atoms with Gasteiger partial charge in [-0.1, -0.05) is 54.1 Å². The Hall–Kier alpha value is -3.42. The molecule has 8 heteroatoms. The van der Waals surface area contributed by atoms with Crippen LogP contribution in [0, 0.1) is 0 Å². The average molecular weight is 511 g/mol. The number of thioether (sulfide) groups is 1. The number of nitrogens with two attached hydrogens (primary N) is 1. The average Bonchev–Trinajstić information content (AvgIpc) is 3.13. The number of rotatable bonds is 5. The molecule has 0 aliphatic rings. The van der Waals surface area contributed by atoms with E-state index in [0.717, 1.165) is 38.5 Å². The Morgan fingerprint density at radius 2 is 1.57 bits per heavy atom. The Bertz CT molecular complexity index is 1560. The molecule has 0 aliphatic heterocycles. The van der Waals surface area contributed by atoms with E-state index in [0.29, 0.717) is 17.1 Å². The van der Waals surface area contributed by atoms with E-state index in [9.17, 15) is 18.0 Å². The first-order valence-corrected chi connectivity index (χ1v) is 11.8. The number of hydrogen-bond acceptors (Lipinski definition) is 2. The molecule has 4 aromatic carbocycles. The molecule has 1 aromatic heterocycles. The molecule has 0 saturated carbocycles. The van der Waals surface area contributed by atoms with E-state index in [-0.39, 0.29) is 16.7 Å². The lowest BCUT2D eigenvalue weighted by Crippen LogP contribution is -2.11. The summed E-state index contributed by atoms with van der Waals surface area (Å²) in [6, 6.07) is 25.2. The van der Waals surface area contributed by atoms with Gasteiger partial charge in [-0.25, -0.2) is 0 Å². The van der Waals surface area contributed by atoms with E-state index in [1.165, 1.54) is 12.1 Å². The second-order valence-electron chi connectivity index (χ2n) is 8.08. The van der Waals surface area contributed by atoms with Crippen molar-refractivity contribution in [1.82, 2.24) is 4.57 Å². The molecule has 0 spiro atoms. The minimum atomic E-state index is -4.34. The predicted octanol–water partition coefficient (Wildman–Crippen LogP) is 7.87. The largest absolute Gasteiger partial charge is 0.446 e. The molecule has 0 radical (unpaired) electrons. The zero-order valence-electron chi connectivity index (χ0n) is 18.1. The van der Waals surface area contributed by atoms with Crippen molar-refractivity contribution in [2.24, 2.45) is 5.73 Å². The van der Waals surface area contributed by atoms with Gasteiger partial charge in [0.2, 0.25) is 5.91 Å². The molecule has 3 nitrogen and oxygen atoms in total.